The summed E-state index contributed by atoms with van der Waals surface area (Å²) >= 11 is 0. The van der Waals surface area contributed by atoms with Crippen molar-refractivity contribution in [1.82, 2.24) is 4.31 Å². The van der Waals surface area contributed by atoms with Gasteiger partial charge in [0.05, 0.1) is 31.5 Å². The first kappa shape index (κ1) is 18.4. The van der Waals surface area contributed by atoms with Crippen molar-refractivity contribution in [3.05, 3.63) is 35.4 Å². The summed E-state index contributed by atoms with van der Waals surface area (Å²) in [5.74, 6) is -1.13. The molecule has 1 aromatic carbocycles. The van der Waals surface area contributed by atoms with Crippen LogP contribution in [-0.2, 0) is 30.0 Å². The summed E-state index contributed by atoms with van der Waals surface area (Å²) in [5.41, 5.74) is 0.968. The summed E-state index contributed by atoms with van der Waals surface area (Å²) in [6, 6.07) is 6.29. The van der Waals surface area contributed by atoms with Crippen molar-refractivity contribution in [2.45, 2.75) is 18.6 Å². The molecule has 7 nitrogen and oxygen atoms in total. The lowest BCUT2D eigenvalue weighted by Crippen LogP contribution is -2.41. The molecule has 0 bridgehead atoms. The van der Waals surface area contributed by atoms with Gasteiger partial charge < -0.3 is 9.47 Å². The molecular formula is C16H21NO6S. The topological polar surface area (TPSA) is 90.0 Å². The van der Waals surface area contributed by atoms with Crippen LogP contribution in [0.25, 0.3) is 0 Å². The van der Waals surface area contributed by atoms with E-state index in [1.165, 1.54) is 18.5 Å². The van der Waals surface area contributed by atoms with E-state index in [0.717, 1.165) is 0 Å². The van der Waals surface area contributed by atoms with Gasteiger partial charge in [-0.2, -0.15) is 0 Å². The standard InChI is InChI=1S/C16H21NO6S/c1-22-15(18)13-5-3-12(4-6-13)11-24(20,21)17-9-7-14(8-10-17)16(19)23-2/h3-6,14H,7-11H2,1-2H3. The van der Waals surface area contributed by atoms with Gasteiger partial charge in [-0.1, -0.05) is 12.1 Å². The predicted molar refractivity (Wildman–Crippen MR) is 86.7 cm³/mol. The molecule has 0 amide bonds. The van der Waals surface area contributed by atoms with Gasteiger partial charge in [-0.15, -0.1) is 0 Å². The van der Waals surface area contributed by atoms with Crippen LogP contribution in [0.15, 0.2) is 24.3 Å². The summed E-state index contributed by atoms with van der Waals surface area (Å²) in [6.45, 7) is 0.616. The van der Waals surface area contributed by atoms with Gasteiger partial charge in [0.25, 0.3) is 0 Å². The largest absolute Gasteiger partial charge is 0.469 e. The molecular weight excluding hydrogens is 334 g/mol. The van der Waals surface area contributed by atoms with E-state index in [2.05, 4.69) is 4.74 Å². The zero-order valence-corrected chi connectivity index (χ0v) is 14.5. The predicted octanol–water partition coefficient (Wildman–Crippen LogP) is 1.19. The Morgan fingerprint density at radius 3 is 2.17 bits per heavy atom. The number of benzene rings is 1. The van der Waals surface area contributed by atoms with E-state index in [0.29, 0.717) is 37.1 Å². The maximum absolute atomic E-state index is 12.5. The van der Waals surface area contributed by atoms with Crippen LogP contribution in [0.1, 0.15) is 28.8 Å². The van der Waals surface area contributed by atoms with Gasteiger partial charge in [0.2, 0.25) is 10.0 Å². The third-order valence-electron chi connectivity index (χ3n) is 4.11. The maximum Gasteiger partial charge on any atom is 0.337 e. The average Bonchev–Trinajstić information content (AvgIpc) is 2.60. The van der Waals surface area contributed by atoms with Crippen LogP contribution in [0.3, 0.4) is 0 Å². The van der Waals surface area contributed by atoms with Gasteiger partial charge in [-0.25, -0.2) is 17.5 Å². The Morgan fingerprint density at radius 2 is 1.67 bits per heavy atom. The van der Waals surface area contributed by atoms with Gasteiger partial charge >= 0.3 is 11.9 Å². The quantitative estimate of drug-likeness (QED) is 0.737. The van der Waals surface area contributed by atoms with E-state index < -0.39 is 16.0 Å². The molecule has 1 aliphatic rings. The molecule has 1 aliphatic heterocycles. The summed E-state index contributed by atoms with van der Waals surface area (Å²) < 4.78 is 35.7. The van der Waals surface area contributed by atoms with Crippen molar-refractivity contribution < 1.29 is 27.5 Å². The zero-order valence-electron chi connectivity index (χ0n) is 13.7. The second-order valence-corrected chi connectivity index (χ2v) is 7.61. The number of esters is 2. The molecule has 0 unspecified atom stereocenters. The fourth-order valence-electron chi connectivity index (χ4n) is 2.69. The molecule has 0 saturated carbocycles. The molecule has 0 spiro atoms. The van der Waals surface area contributed by atoms with E-state index in [1.54, 1.807) is 24.3 Å². The zero-order chi connectivity index (χ0) is 17.7. The minimum Gasteiger partial charge on any atom is -0.469 e. The lowest BCUT2D eigenvalue weighted by molar-refractivity contribution is -0.146. The molecule has 1 aromatic rings. The Hall–Kier alpha value is -1.93. The maximum atomic E-state index is 12.5. The smallest absolute Gasteiger partial charge is 0.337 e. The molecule has 0 N–H and O–H groups in total. The molecule has 0 aromatic heterocycles. The third kappa shape index (κ3) is 4.33. The summed E-state index contributed by atoms with van der Waals surface area (Å²) in [4.78, 5) is 22.9. The van der Waals surface area contributed by atoms with Crippen molar-refractivity contribution in [1.29, 1.82) is 0 Å². The van der Waals surface area contributed by atoms with E-state index >= 15 is 0 Å². The number of nitrogens with zero attached hydrogens (tertiary/aromatic N) is 1. The average molecular weight is 355 g/mol. The lowest BCUT2D eigenvalue weighted by Gasteiger charge is -2.29. The molecule has 0 aliphatic carbocycles. The Morgan fingerprint density at radius 1 is 1.08 bits per heavy atom. The number of hydrogen-bond acceptors (Lipinski definition) is 6. The van der Waals surface area contributed by atoms with Crippen molar-refractivity contribution in [3.63, 3.8) is 0 Å². The summed E-state index contributed by atoms with van der Waals surface area (Å²) in [6.07, 6.45) is 0.931. The van der Waals surface area contributed by atoms with Crippen molar-refractivity contribution in [2.75, 3.05) is 27.3 Å². The highest BCUT2D eigenvalue weighted by atomic mass is 32.2. The Bertz CT molecular complexity index is 690. The van der Waals surface area contributed by atoms with Crippen LogP contribution in [0, 0.1) is 5.92 Å². The highest BCUT2D eigenvalue weighted by molar-refractivity contribution is 7.88. The fourth-order valence-corrected chi connectivity index (χ4v) is 4.26. The van der Waals surface area contributed by atoms with Gasteiger partial charge in [0.15, 0.2) is 0 Å². The Balaban J connectivity index is 1.99. The number of methoxy groups -OCH3 is 2. The van der Waals surface area contributed by atoms with Crippen LogP contribution in [-0.4, -0.2) is 52.0 Å². The van der Waals surface area contributed by atoms with Gasteiger partial charge in [-0.05, 0) is 30.5 Å². The number of carbonyl (C=O) groups is 2. The molecule has 24 heavy (non-hydrogen) atoms. The lowest BCUT2D eigenvalue weighted by atomic mass is 9.99. The third-order valence-corrected chi connectivity index (χ3v) is 5.96. The molecule has 1 fully saturated rings. The van der Waals surface area contributed by atoms with Gasteiger partial charge in [0, 0.05) is 13.1 Å². The first-order valence-corrected chi connectivity index (χ1v) is 9.21. The molecule has 1 saturated heterocycles. The molecule has 8 heteroatoms. The first-order valence-electron chi connectivity index (χ1n) is 7.60. The first-order chi connectivity index (χ1) is 11.4. The number of ether oxygens (including phenoxy) is 2. The van der Waals surface area contributed by atoms with Crippen molar-refractivity contribution >= 4 is 22.0 Å². The summed E-state index contributed by atoms with van der Waals surface area (Å²) in [5, 5.41) is 0. The second-order valence-electron chi connectivity index (χ2n) is 5.64. The van der Waals surface area contributed by atoms with Crippen molar-refractivity contribution in [3.8, 4) is 0 Å². The minimum atomic E-state index is -3.47. The minimum absolute atomic E-state index is 0.142. The van der Waals surface area contributed by atoms with Gasteiger partial charge in [0.1, 0.15) is 0 Å². The molecule has 1 heterocycles. The number of rotatable bonds is 5. The van der Waals surface area contributed by atoms with E-state index in [1.807, 2.05) is 0 Å². The van der Waals surface area contributed by atoms with Crippen LogP contribution in [0.5, 0.6) is 0 Å². The molecule has 0 atom stereocenters. The van der Waals surface area contributed by atoms with E-state index in [9.17, 15) is 18.0 Å². The van der Waals surface area contributed by atoms with Crippen molar-refractivity contribution in [2.24, 2.45) is 5.92 Å². The van der Waals surface area contributed by atoms with E-state index in [-0.39, 0.29) is 17.6 Å². The molecule has 132 valence electrons. The monoisotopic (exact) mass is 355 g/mol. The Labute approximate surface area is 141 Å². The summed E-state index contributed by atoms with van der Waals surface area (Å²) in [7, 11) is -0.839. The van der Waals surface area contributed by atoms with Crippen LogP contribution < -0.4 is 0 Å². The molecule has 2 rings (SSSR count). The molecule has 0 radical (unpaired) electrons. The van der Waals surface area contributed by atoms with Crippen LogP contribution in [0.2, 0.25) is 0 Å². The fraction of sp³-hybridized carbons (Fsp3) is 0.500. The highest BCUT2D eigenvalue weighted by Gasteiger charge is 2.31. The SMILES string of the molecule is COC(=O)c1ccc(CS(=O)(=O)N2CCC(C(=O)OC)CC2)cc1. The van der Waals surface area contributed by atoms with Gasteiger partial charge in [-0.3, -0.25) is 4.79 Å². The second kappa shape index (κ2) is 7.76. The normalized spacial score (nSPS) is 16.6. The number of carbonyl (C=O) groups excluding carboxylic acids is 2. The number of piperidine rings is 1. The van der Waals surface area contributed by atoms with Crippen LogP contribution >= 0.6 is 0 Å². The Kier molecular flexibility index (Phi) is 5.95. The van der Waals surface area contributed by atoms with E-state index in [4.69, 9.17) is 4.74 Å². The highest BCUT2D eigenvalue weighted by Crippen LogP contribution is 2.22. The number of hydrogen-bond donors (Lipinski definition) is 0. The number of sulfonamides is 1. The van der Waals surface area contributed by atoms with Crippen LogP contribution in [0.4, 0.5) is 0 Å².